The number of aliphatic hydroxyl groups is 1. The molecule has 1 saturated carbocycles. The number of phenolic OH excluding ortho intramolecular Hbond substituents is 1. The Balaban J connectivity index is 0.574. The number of nitrogen functional groups attached to an aromatic ring is 1. The zero-order chi connectivity index (χ0) is 56.6. The second kappa shape index (κ2) is 23.6. The van der Waals surface area contributed by atoms with Crippen LogP contribution >= 0.6 is 11.3 Å². The maximum Gasteiger partial charge on any atom is 0.243 e. The smallest absolute Gasteiger partial charge is 0.243 e. The number of nitrogens with two attached hydrogens (primary N) is 1. The monoisotopic (exact) mass is 1130 g/mol. The lowest BCUT2D eigenvalue weighted by Gasteiger charge is -2.43. The number of rotatable bonds is 18. The first kappa shape index (κ1) is 54.8. The SMILES string of the molecule is Cc1ncsc1-c1ccc([C@H](C)NC(=O)[C@@H]2C[C@@H](O)CN2C(=O)[C@@H](c2cc(-c3ccc(N4CCN(CCO[C@H]5C[C@H](Oc6cc(N7C8CCC7CN(c7cc(-c9ccccc9O)nnc7N)C8)ccn6)C5)CC4)nc3)no2)C(C)C)cc1. The van der Waals surface area contributed by atoms with Crippen LogP contribution in [0.4, 0.5) is 23.0 Å². The van der Waals surface area contributed by atoms with E-state index in [9.17, 15) is 19.8 Å². The van der Waals surface area contributed by atoms with Crippen LogP contribution in [0.25, 0.3) is 33.0 Å². The van der Waals surface area contributed by atoms with Crippen molar-refractivity contribution < 1.29 is 33.8 Å². The molecule has 5 N–H and O–H groups in total. The lowest BCUT2D eigenvalue weighted by Crippen LogP contribution is -2.54. The van der Waals surface area contributed by atoms with E-state index < -0.39 is 18.1 Å². The van der Waals surface area contributed by atoms with Crippen LogP contribution in [-0.4, -0.2) is 158 Å². The summed E-state index contributed by atoms with van der Waals surface area (Å²) in [5.74, 6) is 0.979. The molecule has 4 saturated heterocycles. The van der Waals surface area contributed by atoms with Crippen LogP contribution in [0, 0.1) is 12.8 Å². The Morgan fingerprint density at radius 2 is 1.61 bits per heavy atom. The molecule has 5 fully saturated rings. The van der Waals surface area contributed by atoms with Gasteiger partial charge in [0.05, 0.1) is 52.3 Å². The summed E-state index contributed by atoms with van der Waals surface area (Å²) in [4.78, 5) is 54.1. The van der Waals surface area contributed by atoms with Crippen molar-refractivity contribution in [2.75, 3.05) is 79.4 Å². The number of benzene rings is 2. The number of phenols is 1. The van der Waals surface area contributed by atoms with E-state index in [1.54, 1.807) is 35.7 Å². The number of piperazine rings is 2. The minimum Gasteiger partial charge on any atom is -0.507 e. The Morgan fingerprint density at radius 1 is 0.841 bits per heavy atom. The van der Waals surface area contributed by atoms with Crippen molar-refractivity contribution in [1.82, 2.24) is 45.4 Å². The van der Waals surface area contributed by atoms with Crippen molar-refractivity contribution in [3.8, 4) is 44.6 Å². The number of para-hydroxylation sites is 1. The summed E-state index contributed by atoms with van der Waals surface area (Å²) in [5.41, 5.74) is 15.7. The van der Waals surface area contributed by atoms with E-state index in [1.165, 1.54) is 4.90 Å². The van der Waals surface area contributed by atoms with Crippen molar-refractivity contribution in [3.63, 3.8) is 0 Å². The number of nitrogens with zero attached hydrogens (tertiary/aromatic N) is 11. The Kier molecular flexibility index (Phi) is 15.8. The number of anilines is 4. The summed E-state index contributed by atoms with van der Waals surface area (Å²) in [6.07, 6.45) is 6.98. The van der Waals surface area contributed by atoms with Crippen molar-refractivity contribution in [2.45, 2.75) is 108 Å². The van der Waals surface area contributed by atoms with Gasteiger partial charge in [-0.2, -0.15) is 0 Å². The molecule has 428 valence electrons. The van der Waals surface area contributed by atoms with E-state index >= 15 is 0 Å². The molecule has 2 amide bonds. The first-order valence-electron chi connectivity index (χ1n) is 28.7. The number of hydrogen-bond acceptors (Lipinski definition) is 19. The highest BCUT2D eigenvalue weighted by Gasteiger charge is 2.44. The average molecular weight is 1130 g/mol. The van der Waals surface area contributed by atoms with Crippen LogP contribution in [0.15, 0.2) is 107 Å². The Hall–Kier alpha value is -7.72. The van der Waals surface area contributed by atoms with Gasteiger partial charge in [-0.3, -0.25) is 14.5 Å². The van der Waals surface area contributed by atoms with Gasteiger partial charge in [0, 0.05) is 125 Å². The van der Waals surface area contributed by atoms with Gasteiger partial charge < -0.3 is 54.9 Å². The molecular formula is C61H71N13O7S. The molecule has 5 aromatic heterocycles. The molecule has 7 aromatic rings. The highest BCUT2D eigenvalue weighted by Crippen LogP contribution is 2.41. The van der Waals surface area contributed by atoms with Crippen molar-refractivity contribution in [1.29, 1.82) is 0 Å². The fraction of sp³-hybridized carbons (Fsp3) is 0.443. The van der Waals surface area contributed by atoms with Gasteiger partial charge in [-0.25, -0.2) is 15.0 Å². The maximum atomic E-state index is 14.4. The number of hydrogen-bond donors (Lipinski definition) is 4. The molecule has 9 heterocycles. The van der Waals surface area contributed by atoms with Gasteiger partial charge in [0.2, 0.25) is 17.7 Å². The first-order valence-corrected chi connectivity index (χ1v) is 29.6. The molecule has 1 aliphatic carbocycles. The van der Waals surface area contributed by atoms with E-state index in [1.807, 2.05) is 94.0 Å². The van der Waals surface area contributed by atoms with Crippen LogP contribution < -0.4 is 30.5 Å². The van der Waals surface area contributed by atoms with E-state index in [0.717, 1.165) is 116 Å². The van der Waals surface area contributed by atoms with Gasteiger partial charge in [0.25, 0.3) is 0 Å². The summed E-state index contributed by atoms with van der Waals surface area (Å²) in [6, 6.07) is 26.5. The highest BCUT2D eigenvalue weighted by molar-refractivity contribution is 7.13. The molecule has 0 radical (unpaired) electrons. The summed E-state index contributed by atoms with van der Waals surface area (Å²) in [6.45, 7) is 14.4. The molecule has 6 atom stereocenters. The molecule has 20 nitrogen and oxygen atoms in total. The molecular weight excluding hydrogens is 1060 g/mol. The fourth-order valence-electron chi connectivity index (χ4n) is 12.5. The lowest BCUT2D eigenvalue weighted by atomic mass is 9.91. The second-order valence-corrected chi connectivity index (χ2v) is 23.7. The maximum absolute atomic E-state index is 14.4. The van der Waals surface area contributed by atoms with E-state index in [2.05, 4.69) is 62.4 Å². The molecule has 4 aliphatic heterocycles. The topological polar surface area (TPSA) is 238 Å². The second-order valence-electron chi connectivity index (χ2n) is 22.9. The molecule has 12 rings (SSSR count). The number of carbonyl (C=O) groups is 2. The number of aromatic hydroxyl groups is 1. The third-order valence-electron chi connectivity index (χ3n) is 17.1. The summed E-state index contributed by atoms with van der Waals surface area (Å²) in [5, 5.41) is 37.3. The zero-order valence-electron chi connectivity index (χ0n) is 46.8. The predicted molar refractivity (Wildman–Crippen MR) is 314 cm³/mol. The van der Waals surface area contributed by atoms with Crippen molar-refractivity contribution in [3.05, 3.63) is 120 Å². The lowest BCUT2D eigenvalue weighted by molar-refractivity contribution is -0.141. The molecule has 0 spiro atoms. The number of nitrogens with one attached hydrogen (secondary N) is 1. The Morgan fingerprint density at radius 3 is 2.33 bits per heavy atom. The van der Waals surface area contributed by atoms with Crippen LogP contribution in [-0.2, 0) is 14.3 Å². The number of aromatic nitrogens is 6. The summed E-state index contributed by atoms with van der Waals surface area (Å²) in [7, 11) is 0. The van der Waals surface area contributed by atoms with Gasteiger partial charge in [-0.15, -0.1) is 21.5 Å². The largest absolute Gasteiger partial charge is 0.507 e. The molecule has 2 unspecified atom stereocenters. The molecule has 21 heteroatoms. The van der Waals surface area contributed by atoms with Crippen LogP contribution in [0.1, 0.15) is 81.9 Å². The third-order valence-corrected chi connectivity index (χ3v) is 18.0. The van der Waals surface area contributed by atoms with Crippen LogP contribution in [0.5, 0.6) is 11.6 Å². The number of ether oxygens (including phenoxy) is 2. The van der Waals surface area contributed by atoms with Gasteiger partial charge in [-0.05, 0) is 80.1 Å². The average Bonchev–Trinajstić information content (AvgIpc) is 4.35. The molecule has 2 bridgehead atoms. The summed E-state index contributed by atoms with van der Waals surface area (Å²) < 4.78 is 18.6. The number of aryl methyl sites for hydroxylation is 1. The number of likely N-dealkylation sites (tertiary alicyclic amines) is 1. The van der Waals surface area contributed by atoms with Crippen LogP contribution in [0.2, 0.25) is 0 Å². The summed E-state index contributed by atoms with van der Waals surface area (Å²) >= 11 is 1.59. The van der Waals surface area contributed by atoms with Gasteiger partial charge >= 0.3 is 0 Å². The van der Waals surface area contributed by atoms with Gasteiger partial charge in [-0.1, -0.05) is 55.4 Å². The van der Waals surface area contributed by atoms with E-state index in [0.29, 0.717) is 53.1 Å². The minimum atomic E-state index is -0.832. The predicted octanol–water partition coefficient (Wildman–Crippen LogP) is 7.49. The third kappa shape index (κ3) is 11.6. The molecule has 2 aromatic carbocycles. The minimum absolute atomic E-state index is 0.0535. The number of amides is 2. The molecule has 82 heavy (non-hydrogen) atoms. The standard InChI is InChI=1S/C61H71N13O7S/c1-36(2)57(61(78)73-34-45(75)26-52(73)60(77)66-37(3)39-9-11-40(12-10-39)58-38(4)65-35-82-58)54-30-49(69-81-54)41-13-16-55(64-31-41)71-21-19-70(20-22-71)23-24-79-46-27-47(28-46)80-56-25-42(17-18-63-56)74-43-14-15-44(74)33-72(32-43)51-29-50(67-68-59(51)62)48-7-5-6-8-53(48)76/h5-13,16-18,25,29-31,35-37,43-47,52,57,75-76H,14-15,19-24,26-28,32-34H2,1-4H3,(H2,62,68)(H,66,77)/t37-,43?,44?,45+,46-,47-,52-,57+/m0/s1. The van der Waals surface area contributed by atoms with Gasteiger partial charge in [0.1, 0.15) is 41.1 Å². The Bertz CT molecular complexity index is 3350. The molecule has 5 aliphatic rings. The zero-order valence-corrected chi connectivity index (χ0v) is 47.6. The Labute approximate surface area is 481 Å². The van der Waals surface area contributed by atoms with E-state index in [4.69, 9.17) is 24.7 Å². The van der Waals surface area contributed by atoms with Crippen molar-refractivity contribution in [2.24, 2.45) is 5.92 Å². The van der Waals surface area contributed by atoms with Gasteiger partial charge in [0.15, 0.2) is 5.82 Å². The number of fused-ring (bicyclic) bond motifs is 2. The number of β-amino-alcohol motifs (C(OH)–C–C–N with tert-alkyl or cyclic N) is 1. The number of pyridine rings is 2. The quantitative estimate of drug-likeness (QED) is 0.0651. The van der Waals surface area contributed by atoms with Crippen molar-refractivity contribution >= 4 is 46.2 Å². The normalized spacial score (nSPS) is 22.6. The first-order chi connectivity index (χ1) is 39.8. The number of aliphatic hydroxyl groups excluding tert-OH is 1. The van der Waals surface area contributed by atoms with E-state index in [-0.39, 0.29) is 54.7 Å². The highest BCUT2D eigenvalue weighted by atomic mass is 32.1. The number of carbonyl (C=O) groups excluding carboxylic acids is 2. The number of thiazole rings is 1. The van der Waals surface area contributed by atoms with Crippen LogP contribution in [0.3, 0.4) is 0 Å². The fourth-order valence-corrected chi connectivity index (χ4v) is 13.3.